The van der Waals surface area contributed by atoms with Crippen LogP contribution in [0.15, 0.2) is 35.4 Å². The molecule has 2 aromatic rings. The molecule has 0 atom stereocenters. The lowest BCUT2D eigenvalue weighted by molar-refractivity contribution is -0.152. The Labute approximate surface area is 189 Å². The van der Waals surface area contributed by atoms with Gasteiger partial charge in [-0.3, -0.25) is 4.90 Å². The van der Waals surface area contributed by atoms with Crippen LogP contribution in [0.2, 0.25) is 0 Å². The molecule has 0 aliphatic carbocycles. The minimum Gasteiger partial charge on any atom is -0.478 e. The molecule has 3 rings (SSSR count). The van der Waals surface area contributed by atoms with E-state index in [4.69, 9.17) is 4.74 Å². The van der Waals surface area contributed by atoms with E-state index >= 15 is 0 Å². The molecule has 32 heavy (non-hydrogen) atoms. The topological polar surface area (TPSA) is 100 Å². The summed E-state index contributed by atoms with van der Waals surface area (Å²) in [6, 6.07) is 7.47. The van der Waals surface area contributed by atoms with Crippen LogP contribution >= 0.6 is 0 Å². The molecular weight excluding hydrogens is 430 g/mol. The van der Waals surface area contributed by atoms with E-state index in [0.29, 0.717) is 5.75 Å². The van der Waals surface area contributed by atoms with Gasteiger partial charge in [-0.2, -0.15) is 0 Å². The summed E-state index contributed by atoms with van der Waals surface area (Å²) in [4.78, 5) is 20.5. The highest BCUT2D eigenvalue weighted by atomic mass is 32.2. The van der Waals surface area contributed by atoms with Gasteiger partial charge in [0.25, 0.3) is 0 Å². The number of aryl methyl sites for hydroxylation is 2. The van der Waals surface area contributed by atoms with Crippen molar-refractivity contribution in [2.24, 2.45) is 0 Å². The molecule has 0 radical (unpaired) electrons. The van der Waals surface area contributed by atoms with Gasteiger partial charge >= 0.3 is 5.97 Å². The fourth-order valence-electron chi connectivity index (χ4n) is 3.76. The summed E-state index contributed by atoms with van der Waals surface area (Å²) in [6.07, 6.45) is 2.59. The van der Waals surface area contributed by atoms with E-state index in [-0.39, 0.29) is 4.90 Å². The van der Waals surface area contributed by atoms with Gasteiger partial charge in [0.15, 0.2) is 15.4 Å². The number of sulfone groups is 1. The number of rotatable bonds is 7. The Kier molecular flexibility index (Phi) is 6.80. The zero-order valence-corrected chi connectivity index (χ0v) is 20.1. The summed E-state index contributed by atoms with van der Waals surface area (Å²) in [5.74, 6) is 0.402. The lowest BCUT2D eigenvalue weighted by Gasteiger charge is -2.35. The van der Waals surface area contributed by atoms with Crippen molar-refractivity contribution in [1.82, 2.24) is 9.88 Å². The Bertz CT molecular complexity index is 1070. The molecule has 0 bridgehead atoms. The SMILES string of the molecule is Cc1cc(CN2CCN(c3ccc(S(C)(=O)=O)cn3)CC2)cc(C)c1OC(C)(C)C(=O)O. The highest BCUT2D eigenvalue weighted by Gasteiger charge is 2.30. The first-order valence-electron chi connectivity index (χ1n) is 10.5. The summed E-state index contributed by atoms with van der Waals surface area (Å²) < 4.78 is 29.0. The smallest absolute Gasteiger partial charge is 0.347 e. The minimum absolute atomic E-state index is 0.227. The first-order valence-corrected chi connectivity index (χ1v) is 12.4. The molecule has 0 amide bonds. The first-order chi connectivity index (χ1) is 14.9. The van der Waals surface area contributed by atoms with Crippen LogP contribution in [0.3, 0.4) is 0 Å². The molecule has 1 fully saturated rings. The van der Waals surface area contributed by atoms with Crippen molar-refractivity contribution in [3.05, 3.63) is 47.2 Å². The van der Waals surface area contributed by atoms with E-state index in [1.807, 2.05) is 13.8 Å². The van der Waals surface area contributed by atoms with E-state index in [2.05, 4.69) is 26.9 Å². The van der Waals surface area contributed by atoms with Gasteiger partial charge in [-0.05, 0) is 56.5 Å². The average Bonchev–Trinajstić information content (AvgIpc) is 2.71. The number of piperazine rings is 1. The lowest BCUT2D eigenvalue weighted by atomic mass is 10.0. The molecule has 1 aromatic carbocycles. The zero-order valence-electron chi connectivity index (χ0n) is 19.3. The fraction of sp³-hybridized carbons (Fsp3) is 0.478. The van der Waals surface area contributed by atoms with E-state index in [1.165, 1.54) is 12.5 Å². The molecular formula is C23H31N3O5S. The number of aromatic nitrogens is 1. The number of benzene rings is 1. The van der Waals surface area contributed by atoms with Gasteiger partial charge in [-0.15, -0.1) is 0 Å². The molecule has 0 saturated carbocycles. The van der Waals surface area contributed by atoms with Crippen LogP contribution in [0.25, 0.3) is 0 Å². The first kappa shape index (κ1) is 24.0. The van der Waals surface area contributed by atoms with Crippen molar-refractivity contribution in [3.8, 4) is 5.75 Å². The van der Waals surface area contributed by atoms with Crippen molar-refractivity contribution in [2.45, 2.75) is 44.7 Å². The number of anilines is 1. The molecule has 1 aliphatic rings. The minimum atomic E-state index is -3.25. The molecule has 2 heterocycles. The molecule has 1 aromatic heterocycles. The lowest BCUT2D eigenvalue weighted by Crippen LogP contribution is -2.46. The molecule has 1 N–H and O–H groups in total. The second-order valence-corrected chi connectivity index (χ2v) is 10.9. The Hall–Kier alpha value is -2.65. The van der Waals surface area contributed by atoms with Gasteiger partial charge in [0.05, 0.1) is 4.90 Å². The van der Waals surface area contributed by atoms with Crippen molar-refractivity contribution in [1.29, 1.82) is 0 Å². The predicted octanol–water partition coefficient (Wildman–Crippen LogP) is 2.67. The third-order valence-electron chi connectivity index (χ3n) is 5.64. The van der Waals surface area contributed by atoms with Gasteiger partial charge < -0.3 is 14.7 Å². The summed E-state index contributed by atoms with van der Waals surface area (Å²) in [5, 5.41) is 9.34. The number of carbonyl (C=O) groups is 1. The molecule has 1 aliphatic heterocycles. The van der Waals surface area contributed by atoms with Crippen molar-refractivity contribution in [2.75, 3.05) is 37.3 Å². The quantitative estimate of drug-likeness (QED) is 0.672. The number of pyridine rings is 1. The second-order valence-electron chi connectivity index (χ2n) is 8.86. The summed E-state index contributed by atoms with van der Waals surface area (Å²) in [5.41, 5.74) is 1.71. The van der Waals surface area contributed by atoms with E-state index in [1.54, 1.807) is 26.0 Å². The fourth-order valence-corrected chi connectivity index (χ4v) is 4.32. The van der Waals surface area contributed by atoms with Crippen molar-refractivity contribution in [3.63, 3.8) is 0 Å². The third-order valence-corrected chi connectivity index (χ3v) is 6.74. The number of hydrogen-bond donors (Lipinski definition) is 1. The molecule has 9 heteroatoms. The van der Waals surface area contributed by atoms with Crippen LogP contribution in [0.1, 0.15) is 30.5 Å². The monoisotopic (exact) mass is 461 g/mol. The third kappa shape index (κ3) is 5.58. The molecule has 0 unspecified atom stereocenters. The Morgan fingerprint density at radius 3 is 2.19 bits per heavy atom. The summed E-state index contributed by atoms with van der Waals surface area (Å²) >= 11 is 0. The number of hydrogen-bond acceptors (Lipinski definition) is 7. The normalized spacial score (nSPS) is 15.6. The predicted molar refractivity (Wildman–Crippen MR) is 123 cm³/mol. The number of carboxylic acids is 1. The molecule has 0 spiro atoms. The number of aliphatic carboxylic acids is 1. The van der Waals surface area contributed by atoms with Crippen LogP contribution in [0.5, 0.6) is 5.75 Å². The van der Waals surface area contributed by atoms with Gasteiger partial charge in [-0.1, -0.05) is 12.1 Å². The highest BCUT2D eigenvalue weighted by Crippen LogP contribution is 2.29. The zero-order chi connectivity index (χ0) is 23.7. The number of ether oxygens (including phenoxy) is 1. The van der Waals surface area contributed by atoms with E-state index in [0.717, 1.165) is 55.2 Å². The van der Waals surface area contributed by atoms with Gasteiger partial charge in [0.2, 0.25) is 0 Å². The number of carboxylic acid groups (broad SMARTS) is 1. The summed E-state index contributed by atoms with van der Waals surface area (Å²) in [6.45, 7) is 11.1. The van der Waals surface area contributed by atoms with Crippen molar-refractivity contribution >= 4 is 21.6 Å². The maximum atomic E-state index is 11.6. The second kappa shape index (κ2) is 9.07. The highest BCUT2D eigenvalue weighted by molar-refractivity contribution is 7.90. The largest absolute Gasteiger partial charge is 0.478 e. The van der Waals surface area contributed by atoms with E-state index < -0.39 is 21.4 Å². The van der Waals surface area contributed by atoms with Gasteiger partial charge in [0, 0.05) is 45.2 Å². The van der Waals surface area contributed by atoms with Crippen LogP contribution in [0, 0.1) is 13.8 Å². The standard InChI is InChI=1S/C23H31N3O5S/c1-16-12-18(13-17(2)21(16)31-23(3,4)22(27)28)15-25-8-10-26(11-9-25)20-7-6-19(14-24-20)32(5,29)30/h6-7,12-14H,8-11,15H2,1-5H3,(H,27,28). The Morgan fingerprint density at radius 1 is 1.12 bits per heavy atom. The van der Waals surface area contributed by atoms with Crippen LogP contribution in [0.4, 0.5) is 5.82 Å². The molecule has 174 valence electrons. The summed E-state index contributed by atoms with van der Waals surface area (Å²) in [7, 11) is -3.25. The molecule has 8 nitrogen and oxygen atoms in total. The van der Waals surface area contributed by atoms with E-state index in [9.17, 15) is 18.3 Å². The van der Waals surface area contributed by atoms with Gasteiger partial charge in [0.1, 0.15) is 11.6 Å². The van der Waals surface area contributed by atoms with Gasteiger partial charge in [-0.25, -0.2) is 18.2 Å². The number of nitrogens with zero attached hydrogens (tertiary/aromatic N) is 3. The van der Waals surface area contributed by atoms with Crippen LogP contribution < -0.4 is 9.64 Å². The Balaban J connectivity index is 1.62. The van der Waals surface area contributed by atoms with Crippen molar-refractivity contribution < 1.29 is 23.1 Å². The average molecular weight is 462 g/mol. The molecule has 1 saturated heterocycles. The van der Waals surface area contributed by atoms with Crippen LogP contribution in [-0.4, -0.2) is 67.4 Å². The van der Waals surface area contributed by atoms with Crippen LogP contribution in [-0.2, 0) is 21.2 Å². The maximum absolute atomic E-state index is 11.6. The Morgan fingerprint density at radius 2 is 1.72 bits per heavy atom. The maximum Gasteiger partial charge on any atom is 0.347 e.